The SMILES string of the molecule is Bc1ccc(Nc2nc(Nc3ccc(CP(=O)(OCC)OCC)cc3)ncc2C(F)(F)F)c(C(=O)NC)c1. The van der Waals surface area contributed by atoms with Crippen LogP contribution in [0.4, 0.5) is 36.3 Å². The van der Waals surface area contributed by atoms with Crippen LogP contribution in [-0.4, -0.2) is 44.0 Å². The summed E-state index contributed by atoms with van der Waals surface area (Å²) in [6.07, 6.45) is -4.00. The summed E-state index contributed by atoms with van der Waals surface area (Å²) in [6, 6.07) is 11.4. The fourth-order valence-electron chi connectivity index (χ4n) is 3.53. The Balaban J connectivity index is 1.88. The van der Waals surface area contributed by atoms with Crippen molar-refractivity contribution in [1.29, 1.82) is 0 Å². The Morgan fingerprint density at radius 3 is 2.29 bits per heavy atom. The number of hydrogen-bond donors (Lipinski definition) is 3. The van der Waals surface area contributed by atoms with Gasteiger partial charge in [-0.15, -0.1) is 0 Å². The lowest BCUT2D eigenvalue weighted by atomic mass is 9.93. The van der Waals surface area contributed by atoms with Crippen LogP contribution in [0.5, 0.6) is 0 Å². The average Bonchev–Trinajstić information content (AvgIpc) is 2.85. The van der Waals surface area contributed by atoms with Crippen LogP contribution in [0.2, 0.25) is 0 Å². The van der Waals surface area contributed by atoms with Crippen LogP contribution in [0.1, 0.15) is 35.3 Å². The first-order valence-corrected chi connectivity index (χ1v) is 13.5. The van der Waals surface area contributed by atoms with Crippen LogP contribution < -0.4 is 21.4 Å². The molecule has 0 fully saturated rings. The van der Waals surface area contributed by atoms with E-state index in [4.69, 9.17) is 9.05 Å². The number of carbonyl (C=O) groups excluding carboxylic acids is 1. The molecule has 0 spiro atoms. The summed E-state index contributed by atoms with van der Waals surface area (Å²) in [5.41, 5.74) is 1.17. The summed E-state index contributed by atoms with van der Waals surface area (Å²) in [4.78, 5) is 20.2. The van der Waals surface area contributed by atoms with Crippen molar-refractivity contribution in [2.45, 2.75) is 26.2 Å². The molecule has 0 aliphatic rings. The molecule has 1 amide bonds. The summed E-state index contributed by atoms with van der Waals surface area (Å²) in [5.74, 6) is -1.08. The first-order valence-electron chi connectivity index (χ1n) is 11.8. The number of aromatic nitrogens is 2. The zero-order valence-electron chi connectivity index (χ0n) is 21.3. The average molecular weight is 549 g/mol. The van der Waals surface area contributed by atoms with Crippen molar-refractivity contribution in [3.8, 4) is 0 Å². The molecule has 1 aromatic heterocycles. The van der Waals surface area contributed by atoms with E-state index in [2.05, 4.69) is 25.9 Å². The predicted octanol–water partition coefficient (Wildman–Crippen LogP) is 4.37. The topological polar surface area (TPSA) is 114 Å². The van der Waals surface area contributed by atoms with Crippen LogP contribution in [-0.2, 0) is 26.0 Å². The van der Waals surface area contributed by atoms with Crippen molar-refractivity contribution < 1.29 is 31.6 Å². The molecule has 0 aliphatic heterocycles. The molecule has 0 bridgehead atoms. The molecule has 14 heteroatoms. The number of nitrogens with zero attached hydrogens (tertiary/aromatic N) is 2. The number of carbonyl (C=O) groups is 1. The molecule has 3 aromatic rings. The van der Waals surface area contributed by atoms with E-state index in [1.807, 2.05) is 0 Å². The Hall–Kier alpha value is -3.41. The summed E-state index contributed by atoms with van der Waals surface area (Å²) < 4.78 is 64.6. The van der Waals surface area contributed by atoms with Gasteiger partial charge in [-0.1, -0.05) is 29.7 Å². The van der Waals surface area contributed by atoms with E-state index in [9.17, 15) is 22.5 Å². The van der Waals surface area contributed by atoms with Crippen molar-refractivity contribution in [1.82, 2.24) is 15.3 Å². The van der Waals surface area contributed by atoms with Gasteiger partial charge in [-0.05, 0) is 37.6 Å². The van der Waals surface area contributed by atoms with Gasteiger partial charge in [-0.2, -0.15) is 18.2 Å². The minimum absolute atomic E-state index is 0.0734. The van der Waals surface area contributed by atoms with Gasteiger partial charge < -0.3 is 25.0 Å². The second-order valence-electron chi connectivity index (χ2n) is 8.13. The highest BCUT2D eigenvalue weighted by Gasteiger charge is 2.35. The van der Waals surface area contributed by atoms with Gasteiger partial charge >= 0.3 is 13.8 Å². The summed E-state index contributed by atoms with van der Waals surface area (Å²) in [5, 5.41) is 7.99. The highest BCUT2D eigenvalue weighted by Crippen LogP contribution is 2.51. The standard InChI is InChI=1S/C24H28BF3N5O4P/c1-4-36-38(35,37-5-2)14-15-6-9-17(10-7-15)31-23-30-13-19(24(26,27)28)21(33-23)32-20-11-8-16(25)12-18(20)22(34)29-3/h6-13H,4-5,14,25H2,1-3H3,(H,29,34)(H2,30,31,32,33). The second-order valence-corrected chi connectivity index (χ2v) is 10.2. The van der Waals surface area contributed by atoms with E-state index >= 15 is 0 Å². The number of amides is 1. The molecule has 0 radical (unpaired) electrons. The maximum atomic E-state index is 13.7. The zero-order valence-corrected chi connectivity index (χ0v) is 22.2. The van der Waals surface area contributed by atoms with E-state index in [-0.39, 0.29) is 36.6 Å². The van der Waals surface area contributed by atoms with Crippen molar-refractivity contribution in [3.63, 3.8) is 0 Å². The van der Waals surface area contributed by atoms with Gasteiger partial charge in [0.15, 0.2) is 0 Å². The molecule has 0 atom stereocenters. The molecule has 1 heterocycles. The van der Waals surface area contributed by atoms with Gasteiger partial charge in [0.25, 0.3) is 5.91 Å². The third kappa shape index (κ3) is 7.56. The molecule has 0 saturated heterocycles. The van der Waals surface area contributed by atoms with E-state index in [0.717, 1.165) is 5.46 Å². The Morgan fingerprint density at radius 2 is 1.71 bits per heavy atom. The number of benzene rings is 2. The maximum absolute atomic E-state index is 13.7. The van der Waals surface area contributed by atoms with Gasteiger partial charge in [0, 0.05) is 18.9 Å². The van der Waals surface area contributed by atoms with Gasteiger partial charge in [-0.25, -0.2) is 4.98 Å². The largest absolute Gasteiger partial charge is 0.421 e. The molecule has 3 rings (SSSR count). The minimum Gasteiger partial charge on any atom is -0.355 e. The summed E-state index contributed by atoms with van der Waals surface area (Å²) in [7, 11) is -0.0934. The number of hydrogen-bond acceptors (Lipinski definition) is 8. The highest BCUT2D eigenvalue weighted by atomic mass is 31.2. The monoisotopic (exact) mass is 549 g/mol. The number of alkyl halides is 3. The van der Waals surface area contributed by atoms with Crippen molar-refractivity contribution >= 4 is 50.0 Å². The smallest absolute Gasteiger partial charge is 0.355 e. The van der Waals surface area contributed by atoms with Crippen LogP contribution in [0.3, 0.4) is 0 Å². The lowest BCUT2D eigenvalue weighted by molar-refractivity contribution is -0.137. The molecule has 38 heavy (non-hydrogen) atoms. The number of rotatable bonds is 11. The van der Waals surface area contributed by atoms with Gasteiger partial charge in [0.2, 0.25) is 5.95 Å². The Kier molecular flexibility index (Phi) is 9.53. The fourth-order valence-corrected chi connectivity index (χ4v) is 5.23. The predicted molar refractivity (Wildman–Crippen MR) is 143 cm³/mol. The molecular weight excluding hydrogens is 521 g/mol. The quantitative estimate of drug-likeness (QED) is 0.239. The van der Waals surface area contributed by atoms with E-state index in [1.54, 1.807) is 58.1 Å². The summed E-state index contributed by atoms with van der Waals surface area (Å²) in [6.45, 7) is 3.94. The molecule has 202 valence electrons. The molecule has 3 N–H and O–H groups in total. The van der Waals surface area contributed by atoms with E-state index in [1.165, 1.54) is 13.1 Å². The highest BCUT2D eigenvalue weighted by molar-refractivity contribution is 7.53. The lowest BCUT2D eigenvalue weighted by Crippen LogP contribution is -2.22. The third-order valence-corrected chi connectivity index (χ3v) is 7.29. The maximum Gasteiger partial charge on any atom is 0.421 e. The lowest BCUT2D eigenvalue weighted by Gasteiger charge is -2.18. The molecule has 2 aromatic carbocycles. The number of nitrogens with one attached hydrogen (secondary N) is 3. The fraction of sp³-hybridized carbons (Fsp3) is 0.292. The van der Waals surface area contributed by atoms with Crippen LogP contribution in [0.15, 0.2) is 48.7 Å². The Bertz CT molecular complexity index is 1320. The normalized spacial score (nSPS) is 11.7. The van der Waals surface area contributed by atoms with Crippen LogP contribution in [0.25, 0.3) is 0 Å². The van der Waals surface area contributed by atoms with Gasteiger partial charge in [-0.3, -0.25) is 9.36 Å². The Morgan fingerprint density at radius 1 is 1.05 bits per heavy atom. The van der Waals surface area contributed by atoms with Gasteiger partial charge in [0.1, 0.15) is 19.2 Å². The Labute approximate surface area is 219 Å². The zero-order chi connectivity index (χ0) is 27.9. The first kappa shape index (κ1) is 29.2. The third-order valence-electron chi connectivity index (χ3n) is 5.23. The molecule has 9 nitrogen and oxygen atoms in total. The second kappa shape index (κ2) is 12.4. The van der Waals surface area contributed by atoms with Crippen molar-refractivity contribution in [3.05, 3.63) is 65.4 Å². The first-order chi connectivity index (χ1) is 18.0. The minimum atomic E-state index is -4.74. The summed E-state index contributed by atoms with van der Waals surface area (Å²) >= 11 is 0. The van der Waals surface area contributed by atoms with Crippen molar-refractivity contribution in [2.24, 2.45) is 0 Å². The van der Waals surface area contributed by atoms with Gasteiger partial charge in [0.05, 0.1) is 30.6 Å². The molecule has 0 saturated carbocycles. The molecule has 0 unspecified atom stereocenters. The number of halogens is 3. The molecular formula is C24H28BF3N5O4P. The van der Waals surface area contributed by atoms with Crippen LogP contribution in [0, 0.1) is 0 Å². The van der Waals surface area contributed by atoms with Crippen LogP contribution >= 0.6 is 7.60 Å². The van der Waals surface area contributed by atoms with Crippen molar-refractivity contribution in [2.75, 3.05) is 30.9 Å². The van der Waals surface area contributed by atoms with E-state index in [0.29, 0.717) is 17.4 Å². The number of anilines is 4. The van der Waals surface area contributed by atoms with E-state index < -0.39 is 31.1 Å². The molecule has 0 aliphatic carbocycles.